The predicted octanol–water partition coefficient (Wildman–Crippen LogP) is 3.54. The van der Waals surface area contributed by atoms with E-state index in [1.54, 1.807) is 11.3 Å². The summed E-state index contributed by atoms with van der Waals surface area (Å²) in [7, 11) is 0. The fourth-order valence-electron chi connectivity index (χ4n) is 4.35. The zero-order valence-corrected chi connectivity index (χ0v) is 20.9. The third-order valence-electron chi connectivity index (χ3n) is 6.19. The first-order chi connectivity index (χ1) is 16.6. The fraction of sp³-hybridized carbons (Fsp3) is 0.400. The minimum Gasteiger partial charge on any atom is -0.378 e. The van der Waals surface area contributed by atoms with E-state index < -0.39 is 0 Å². The summed E-state index contributed by atoms with van der Waals surface area (Å²) in [5.74, 6) is 0.128. The van der Waals surface area contributed by atoms with Crippen LogP contribution in [0.4, 0.5) is 5.00 Å². The van der Waals surface area contributed by atoms with Crippen LogP contribution < -0.4 is 4.90 Å². The summed E-state index contributed by atoms with van der Waals surface area (Å²) < 4.78 is 5.54. The maximum atomic E-state index is 13.4. The zero-order chi connectivity index (χ0) is 23.5. The van der Waals surface area contributed by atoms with Crippen LogP contribution >= 0.6 is 22.7 Å². The number of aromatic nitrogens is 1. The largest absolute Gasteiger partial charge is 0.378 e. The maximum Gasteiger partial charge on any atom is 0.264 e. The lowest BCUT2D eigenvalue weighted by atomic mass is 10.1. The van der Waals surface area contributed by atoms with Gasteiger partial charge in [-0.25, -0.2) is 4.98 Å². The molecule has 0 saturated carbocycles. The lowest BCUT2D eigenvalue weighted by Gasteiger charge is -2.34. The highest BCUT2D eigenvalue weighted by Crippen LogP contribution is 2.40. The van der Waals surface area contributed by atoms with Gasteiger partial charge < -0.3 is 19.4 Å². The lowest BCUT2D eigenvalue weighted by molar-refractivity contribution is -0.131. The molecule has 0 N–H and O–H groups in total. The summed E-state index contributed by atoms with van der Waals surface area (Å²) in [5, 5.41) is 3.95. The third kappa shape index (κ3) is 5.01. The number of thiophene rings is 1. The Bertz CT molecular complexity index is 1150. The normalized spacial score (nSPS) is 16.7. The molecule has 0 aliphatic carbocycles. The molecule has 0 spiro atoms. The number of piperazine rings is 1. The van der Waals surface area contributed by atoms with Crippen LogP contribution in [0.1, 0.15) is 20.4 Å². The summed E-state index contributed by atoms with van der Waals surface area (Å²) in [6.07, 6.45) is 0.334. The van der Waals surface area contributed by atoms with Crippen LogP contribution in [0.25, 0.3) is 11.1 Å². The van der Waals surface area contributed by atoms with E-state index in [1.165, 1.54) is 11.3 Å². The number of anilines is 1. The number of ether oxygens (including phenoxy) is 1. The molecule has 178 valence electrons. The van der Waals surface area contributed by atoms with Crippen molar-refractivity contribution >= 4 is 39.5 Å². The molecule has 0 unspecified atom stereocenters. The number of aryl methyl sites for hydroxylation is 1. The number of hydrogen-bond donors (Lipinski definition) is 0. The Hall–Kier alpha value is -2.75. The first kappa shape index (κ1) is 23.0. The number of hydrogen-bond acceptors (Lipinski definition) is 7. The Kier molecular flexibility index (Phi) is 6.94. The molecule has 7 nitrogen and oxygen atoms in total. The summed E-state index contributed by atoms with van der Waals surface area (Å²) in [6, 6.07) is 12.3. The topological polar surface area (TPSA) is 66.0 Å². The second kappa shape index (κ2) is 10.2. The summed E-state index contributed by atoms with van der Waals surface area (Å²) >= 11 is 3.09. The SMILES string of the molecule is Cc1csc(CC(=O)N2CCN(C(=O)c3cc(-c4ccccc4)c(N4CCOCC4)s3)CC2)n1. The van der Waals surface area contributed by atoms with E-state index in [1.807, 2.05) is 46.4 Å². The average molecular weight is 497 g/mol. The number of benzene rings is 1. The highest BCUT2D eigenvalue weighted by atomic mass is 32.1. The number of morpholine rings is 1. The van der Waals surface area contributed by atoms with E-state index in [0.717, 1.165) is 44.8 Å². The van der Waals surface area contributed by atoms with E-state index in [9.17, 15) is 9.59 Å². The molecular formula is C25H28N4O3S2. The van der Waals surface area contributed by atoms with Crippen LogP contribution in [0.2, 0.25) is 0 Å². The number of amides is 2. The first-order valence-electron chi connectivity index (χ1n) is 11.6. The van der Waals surface area contributed by atoms with Crippen LogP contribution in [0.15, 0.2) is 41.8 Å². The molecule has 2 amide bonds. The Morgan fingerprint density at radius 3 is 2.38 bits per heavy atom. The van der Waals surface area contributed by atoms with Crippen molar-refractivity contribution in [2.24, 2.45) is 0 Å². The van der Waals surface area contributed by atoms with Crippen LogP contribution in [0, 0.1) is 6.92 Å². The van der Waals surface area contributed by atoms with Gasteiger partial charge in [-0.15, -0.1) is 22.7 Å². The number of rotatable bonds is 5. The molecule has 9 heteroatoms. The average Bonchev–Trinajstić information content (AvgIpc) is 3.51. The highest BCUT2D eigenvalue weighted by Gasteiger charge is 2.28. The van der Waals surface area contributed by atoms with E-state index >= 15 is 0 Å². The van der Waals surface area contributed by atoms with Crippen LogP contribution in [0.5, 0.6) is 0 Å². The van der Waals surface area contributed by atoms with Crippen molar-refractivity contribution in [3.63, 3.8) is 0 Å². The van der Waals surface area contributed by atoms with Crippen molar-refractivity contribution in [1.29, 1.82) is 0 Å². The third-order valence-corrected chi connectivity index (χ3v) is 8.35. The molecule has 3 aromatic rings. The maximum absolute atomic E-state index is 13.4. The fourth-order valence-corrected chi connectivity index (χ4v) is 6.32. The van der Waals surface area contributed by atoms with E-state index in [4.69, 9.17) is 4.74 Å². The first-order valence-corrected chi connectivity index (χ1v) is 13.3. The Balaban J connectivity index is 1.28. The molecule has 0 atom stereocenters. The van der Waals surface area contributed by atoms with Gasteiger partial charge >= 0.3 is 0 Å². The van der Waals surface area contributed by atoms with Gasteiger partial charge in [0.15, 0.2) is 0 Å². The molecule has 34 heavy (non-hydrogen) atoms. The van der Waals surface area contributed by atoms with Crippen molar-refractivity contribution in [3.8, 4) is 11.1 Å². The minimum absolute atomic E-state index is 0.0457. The van der Waals surface area contributed by atoms with Gasteiger partial charge in [0.25, 0.3) is 5.91 Å². The van der Waals surface area contributed by atoms with E-state index in [2.05, 4.69) is 22.0 Å². The monoisotopic (exact) mass is 496 g/mol. The van der Waals surface area contributed by atoms with Gasteiger partial charge in [-0.05, 0) is 18.6 Å². The summed E-state index contributed by atoms with van der Waals surface area (Å²) in [4.78, 5) is 37.3. The van der Waals surface area contributed by atoms with Crippen molar-refractivity contribution in [3.05, 3.63) is 57.4 Å². The Labute approximate surface area is 207 Å². The van der Waals surface area contributed by atoms with Crippen molar-refractivity contribution < 1.29 is 14.3 Å². The van der Waals surface area contributed by atoms with Gasteiger partial charge in [0, 0.05) is 55.9 Å². The van der Waals surface area contributed by atoms with Crippen molar-refractivity contribution in [2.75, 3.05) is 57.4 Å². The molecule has 2 aliphatic rings. The Morgan fingerprint density at radius 1 is 1.00 bits per heavy atom. The lowest BCUT2D eigenvalue weighted by Crippen LogP contribution is -2.50. The minimum atomic E-state index is 0.0457. The van der Waals surface area contributed by atoms with Crippen molar-refractivity contribution in [1.82, 2.24) is 14.8 Å². The molecule has 2 saturated heterocycles. The van der Waals surface area contributed by atoms with E-state index in [0.29, 0.717) is 45.8 Å². The molecule has 0 radical (unpaired) electrons. The van der Waals surface area contributed by atoms with Crippen LogP contribution in [0.3, 0.4) is 0 Å². The number of thiazole rings is 1. The zero-order valence-electron chi connectivity index (χ0n) is 19.2. The van der Waals surface area contributed by atoms with Gasteiger partial charge in [-0.3, -0.25) is 9.59 Å². The molecule has 2 aliphatic heterocycles. The van der Waals surface area contributed by atoms with Gasteiger partial charge in [0.2, 0.25) is 5.91 Å². The smallest absolute Gasteiger partial charge is 0.264 e. The number of nitrogens with zero attached hydrogens (tertiary/aromatic N) is 4. The molecule has 2 fully saturated rings. The van der Waals surface area contributed by atoms with Gasteiger partial charge in [-0.2, -0.15) is 0 Å². The quantitative estimate of drug-likeness (QED) is 0.541. The second-order valence-corrected chi connectivity index (χ2v) is 10.5. The highest BCUT2D eigenvalue weighted by molar-refractivity contribution is 7.18. The number of carbonyl (C=O) groups excluding carboxylic acids is 2. The van der Waals surface area contributed by atoms with Gasteiger partial charge in [0.05, 0.1) is 29.5 Å². The van der Waals surface area contributed by atoms with E-state index in [-0.39, 0.29) is 11.8 Å². The van der Waals surface area contributed by atoms with Crippen molar-refractivity contribution in [2.45, 2.75) is 13.3 Å². The van der Waals surface area contributed by atoms with Gasteiger partial charge in [0.1, 0.15) is 5.01 Å². The molecule has 2 aromatic heterocycles. The molecule has 0 bridgehead atoms. The predicted molar refractivity (Wildman–Crippen MR) is 136 cm³/mol. The molecule has 1 aromatic carbocycles. The molecule has 5 rings (SSSR count). The van der Waals surface area contributed by atoms with Crippen LogP contribution in [-0.4, -0.2) is 79.1 Å². The Morgan fingerprint density at radius 2 is 1.71 bits per heavy atom. The molecule has 4 heterocycles. The summed E-state index contributed by atoms with van der Waals surface area (Å²) in [5.41, 5.74) is 3.17. The second-order valence-electron chi connectivity index (χ2n) is 8.53. The van der Waals surface area contributed by atoms with Crippen LogP contribution in [-0.2, 0) is 16.0 Å². The summed E-state index contributed by atoms with van der Waals surface area (Å²) in [6.45, 7) is 7.20. The standard InChI is InChI=1S/C25H28N4O3S2/c1-18-17-33-22(26-18)16-23(30)27-7-9-28(10-8-27)24(31)21-15-20(19-5-3-2-4-6-19)25(34-21)29-11-13-32-14-12-29/h2-6,15,17H,7-14,16H2,1H3. The van der Waals surface area contributed by atoms with Gasteiger partial charge in [-0.1, -0.05) is 30.3 Å². The molecular weight excluding hydrogens is 468 g/mol. The number of carbonyl (C=O) groups is 2.